The van der Waals surface area contributed by atoms with Crippen molar-refractivity contribution >= 4 is 6.47 Å². The third-order valence-electron chi connectivity index (χ3n) is 2.91. The number of hydrogen-bond donors (Lipinski definition) is 0. The highest BCUT2D eigenvalue weighted by Gasteiger charge is 2.16. The lowest BCUT2D eigenvalue weighted by atomic mass is 9.83. The molecule has 0 bridgehead atoms. The first-order valence-electron chi connectivity index (χ1n) is 5.19. The summed E-state index contributed by atoms with van der Waals surface area (Å²) in [4.78, 5) is 10.1. The second kappa shape index (κ2) is 5.84. The molecule has 1 atom stereocenters. The third-order valence-corrected chi connectivity index (χ3v) is 2.91. The average molecular weight is 198 g/mol. The molecule has 0 fully saturated rings. The second-order valence-electron chi connectivity index (χ2n) is 4.55. The molecule has 0 spiro atoms. The molecule has 0 aromatic heterocycles. The lowest BCUT2D eigenvalue weighted by Crippen LogP contribution is -2.14. The fourth-order valence-electron chi connectivity index (χ4n) is 1.06. The van der Waals surface area contributed by atoms with Crippen LogP contribution in [0.15, 0.2) is 12.2 Å². The Morgan fingerprint density at radius 1 is 1.57 bits per heavy atom. The Kier molecular flexibility index (Phi) is 5.51. The van der Waals surface area contributed by atoms with E-state index in [1.807, 2.05) is 6.92 Å². The monoisotopic (exact) mass is 198 g/mol. The van der Waals surface area contributed by atoms with Crippen molar-refractivity contribution in [2.45, 2.75) is 53.1 Å². The number of rotatable bonds is 7. The largest absolute Gasteiger partial charge is 0.460 e. The maximum absolute atomic E-state index is 10.1. The normalized spacial score (nSPS) is 13.4. The fourth-order valence-corrected chi connectivity index (χ4v) is 1.06. The molecule has 2 heteroatoms. The van der Waals surface area contributed by atoms with Crippen LogP contribution in [0.1, 0.15) is 47.0 Å². The van der Waals surface area contributed by atoms with Gasteiger partial charge in [-0.2, -0.15) is 0 Å². The van der Waals surface area contributed by atoms with Gasteiger partial charge in [-0.1, -0.05) is 33.8 Å². The van der Waals surface area contributed by atoms with Gasteiger partial charge in [0.2, 0.25) is 0 Å². The highest BCUT2D eigenvalue weighted by atomic mass is 16.5. The Bertz CT molecular complexity index is 194. The van der Waals surface area contributed by atoms with Gasteiger partial charge in [-0.3, -0.25) is 4.79 Å². The van der Waals surface area contributed by atoms with E-state index >= 15 is 0 Å². The summed E-state index contributed by atoms with van der Waals surface area (Å²) in [5.41, 5.74) is 1.35. The third kappa shape index (κ3) is 5.05. The van der Waals surface area contributed by atoms with E-state index in [9.17, 15) is 4.79 Å². The number of hydrogen-bond acceptors (Lipinski definition) is 2. The van der Waals surface area contributed by atoms with Gasteiger partial charge in [0.15, 0.2) is 0 Å². The van der Waals surface area contributed by atoms with Crippen LogP contribution in [-0.4, -0.2) is 12.6 Å². The van der Waals surface area contributed by atoms with Crippen molar-refractivity contribution in [2.75, 3.05) is 0 Å². The summed E-state index contributed by atoms with van der Waals surface area (Å²) in [6.07, 6.45) is 3.02. The predicted molar refractivity (Wildman–Crippen MR) is 59.1 cm³/mol. The van der Waals surface area contributed by atoms with E-state index in [0.29, 0.717) is 11.9 Å². The summed E-state index contributed by atoms with van der Waals surface area (Å²) in [5.74, 6) is 0. The molecule has 0 aromatic carbocycles. The SMILES string of the molecule is C=C(CCC(C)(C)CC)C(C)OC=O. The van der Waals surface area contributed by atoms with Gasteiger partial charge in [0.1, 0.15) is 6.10 Å². The minimum Gasteiger partial charge on any atom is -0.460 e. The molecule has 82 valence electrons. The van der Waals surface area contributed by atoms with Crippen LogP contribution in [0.2, 0.25) is 0 Å². The minimum atomic E-state index is -0.153. The Balaban J connectivity index is 3.90. The van der Waals surface area contributed by atoms with Crippen LogP contribution in [0, 0.1) is 5.41 Å². The van der Waals surface area contributed by atoms with Gasteiger partial charge in [0, 0.05) is 0 Å². The summed E-state index contributed by atoms with van der Waals surface area (Å²) in [7, 11) is 0. The molecule has 1 unspecified atom stereocenters. The van der Waals surface area contributed by atoms with Gasteiger partial charge in [-0.25, -0.2) is 0 Å². The van der Waals surface area contributed by atoms with E-state index in [1.165, 1.54) is 0 Å². The molecule has 0 heterocycles. The van der Waals surface area contributed by atoms with Gasteiger partial charge >= 0.3 is 0 Å². The fraction of sp³-hybridized carbons (Fsp3) is 0.750. The summed E-state index contributed by atoms with van der Waals surface area (Å²) in [6, 6.07) is 0. The standard InChI is InChI=1S/C12H22O2/c1-6-12(4,5)8-7-10(2)11(3)14-9-13/h9,11H,2,6-8H2,1,3-5H3. The van der Waals surface area contributed by atoms with Gasteiger partial charge in [0.05, 0.1) is 0 Å². The molecule has 0 saturated heterocycles. The molecule has 0 aliphatic carbocycles. The van der Waals surface area contributed by atoms with Crippen molar-refractivity contribution < 1.29 is 9.53 Å². The lowest BCUT2D eigenvalue weighted by Gasteiger charge is -2.24. The zero-order valence-corrected chi connectivity index (χ0v) is 9.80. The van der Waals surface area contributed by atoms with Crippen LogP contribution in [0.4, 0.5) is 0 Å². The Morgan fingerprint density at radius 3 is 2.57 bits per heavy atom. The van der Waals surface area contributed by atoms with Crippen molar-refractivity contribution in [2.24, 2.45) is 5.41 Å². The number of carbonyl (C=O) groups is 1. The van der Waals surface area contributed by atoms with Gasteiger partial charge in [-0.05, 0) is 30.8 Å². The van der Waals surface area contributed by atoms with Gasteiger partial charge < -0.3 is 4.74 Å². The zero-order chi connectivity index (χ0) is 11.2. The molecule has 0 aliphatic rings. The number of ether oxygens (including phenoxy) is 1. The van der Waals surface area contributed by atoms with Crippen LogP contribution in [0.5, 0.6) is 0 Å². The summed E-state index contributed by atoms with van der Waals surface area (Å²) in [6.45, 7) is 12.9. The first kappa shape index (κ1) is 13.2. The molecular weight excluding hydrogens is 176 g/mol. The quantitative estimate of drug-likeness (QED) is 0.463. The number of carbonyl (C=O) groups excluding carboxylic acids is 1. The molecule has 0 rings (SSSR count). The predicted octanol–water partition coefficient (Wildman–Crippen LogP) is 3.32. The summed E-state index contributed by atoms with van der Waals surface area (Å²) in [5, 5.41) is 0. The van der Waals surface area contributed by atoms with Gasteiger partial charge in [0.25, 0.3) is 6.47 Å². The molecule has 0 saturated carbocycles. The smallest absolute Gasteiger partial charge is 0.293 e. The lowest BCUT2D eigenvalue weighted by molar-refractivity contribution is -0.131. The minimum absolute atomic E-state index is 0.153. The van der Waals surface area contributed by atoms with Crippen LogP contribution in [-0.2, 0) is 9.53 Å². The molecular formula is C12H22O2. The van der Waals surface area contributed by atoms with Crippen LogP contribution in [0.3, 0.4) is 0 Å². The van der Waals surface area contributed by atoms with Crippen molar-refractivity contribution in [3.05, 3.63) is 12.2 Å². The molecule has 0 aromatic rings. The first-order valence-corrected chi connectivity index (χ1v) is 5.19. The van der Waals surface area contributed by atoms with Crippen molar-refractivity contribution in [1.29, 1.82) is 0 Å². The van der Waals surface area contributed by atoms with Crippen LogP contribution >= 0.6 is 0 Å². The molecule has 2 nitrogen and oxygen atoms in total. The maximum atomic E-state index is 10.1. The highest BCUT2D eigenvalue weighted by molar-refractivity contribution is 5.38. The van der Waals surface area contributed by atoms with Crippen molar-refractivity contribution in [3.8, 4) is 0 Å². The summed E-state index contributed by atoms with van der Waals surface area (Å²) >= 11 is 0. The Hall–Kier alpha value is -0.790. The second-order valence-corrected chi connectivity index (χ2v) is 4.55. The zero-order valence-electron chi connectivity index (χ0n) is 9.80. The average Bonchev–Trinajstić information content (AvgIpc) is 2.15. The topological polar surface area (TPSA) is 26.3 Å². The summed E-state index contributed by atoms with van der Waals surface area (Å²) < 4.78 is 4.82. The molecule has 0 radical (unpaired) electrons. The van der Waals surface area contributed by atoms with Crippen molar-refractivity contribution in [3.63, 3.8) is 0 Å². The Labute approximate surface area is 87.3 Å². The van der Waals surface area contributed by atoms with E-state index in [2.05, 4.69) is 27.4 Å². The molecule has 0 amide bonds. The molecule has 14 heavy (non-hydrogen) atoms. The van der Waals surface area contributed by atoms with E-state index in [1.54, 1.807) is 0 Å². The van der Waals surface area contributed by atoms with E-state index in [-0.39, 0.29) is 6.10 Å². The van der Waals surface area contributed by atoms with Crippen molar-refractivity contribution in [1.82, 2.24) is 0 Å². The van der Waals surface area contributed by atoms with E-state index in [4.69, 9.17) is 4.74 Å². The first-order chi connectivity index (χ1) is 6.43. The maximum Gasteiger partial charge on any atom is 0.293 e. The molecule has 0 N–H and O–H groups in total. The highest BCUT2D eigenvalue weighted by Crippen LogP contribution is 2.28. The molecule has 0 aliphatic heterocycles. The van der Waals surface area contributed by atoms with Crippen LogP contribution < -0.4 is 0 Å². The Morgan fingerprint density at radius 2 is 2.14 bits per heavy atom. The van der Waals surface area contributed by atoms with Gasteiger partial charge in [-0.15, -0.1) is 0 Å². The van der Waals surface area contributed by atoms with Crippen LogP contribution in [0.25, 0.3) is 0 Å². The van der Waals surface area contributed by atoms with E-state index < -0.39 is 0 Å². The van der Waals surface area contributed by atoms with E-state index in [0.717, 1.165) is 24.8 Å².